The molecule has 2 saturated carbocycles. The van der Waals surface area contributed by atoms with Gasteiger partial charge in [0.1, 0.15) is 0 Å². The minimum atomic E-state index is 0.796. The molecule has 2 aliphatic carbocycles. The van der Waals surface area contributed by atoms with Crippen LogP contribution in [0.5, 0.6) is 0 Å². The molecule has 0 saturated heterocycles. The maximum Gasteiger partial charge on any atom is 0.0230 e. The van der Waals surface area contributed by atoms with E-state index in [2.05, 4.69) is 41.5 Å². The SMILES string of the molecule is CN(Cc1cccc(CNC2CC2)c1)CC1CCC1. The monoisotopic (exact) mass is 258 g/mol. The number of nitrogens with zero attached hydrogens (tertiary/aromatic N) is 1. The van der Waals surface area contributed by atoms with E-state index in [0.29, 0.717) is 0 Å². The summed E-state index contributed by atoms with van der Waals surface area (Å²) in [6.07, 6.45) is 7.06. The Kier molecular flexibility index (Phi) is 4.19. The molecule has 0 spiro atoms. The highest BCUT2D eigenvalue weighted by Crippen LogP contribution is 2.27. The van der Waals surface area contributed by atoms with Gasteiger partial charge in [0, 0.05) is 25.7 Å². The minimum absolute atomic E-state index is 0.796. The molecular weight excluding hydrogens is 232 g/mol. The van der Waals surface area contributed by atoms with Crippen LogP contribution >= 0.6 is 0 Å². The normalized spacial score (nSPS) is 19.7. The van der Waals surface area contributed by atoms with Crippen LogP contribution in [0.1, 0.15) is 43.2 Å². The average Bonchev–Trinajstić information content (AvgIpc) is 3.16. The van der Waals surface area contributed by atoms with Crippen molar-refractivity contribution in [3.05, 3.63) is 35.4 Å². The van der Waals surface area contributed by atoms with Crippen molar-refractivity contribution in [2.75, 3.05) is 13.6 Å². The van der Waals surface area contributed by atoms with Crippen LogP contribution in [0.15, 0.2) is 24.3 Å². The van der Waals surface area contributed by atoms with Crippen LogP contribution in [0.25, 0.3) is 0 Å². The minimum Gasteiger partial charge on any atom is -0.310 e. The van der Waals surface area contributed by atoms with Gasteiger partial charge in [0.15, 0.2) is 0 Å². The fourth-order valence-corrected chi connectivity index (χ4v) is 2.88. The molecule has 0 bridgehead atoms. The van der Waals surface area contributed by atoms with Crippen molar-refractivity contribution in [1.82, 2.24) is 10.2 Å². The predicted octanol–water partition coefficient (Wildman–Crippen LogP) is 3.17. The molecule has 0 atom stereocenters. The summed E-state index contributed by atoms with van der Waals surface area (Å²) in [6, 6.07) is 9.87. The lowest BCUT2D eigenvalue weighted by Crippen LogP contribution is -2.29. The Morgan fingerprint density at radius 1 is 1.16 bits per heavy atom. The molecule has 0 amide bonds. The molecule has 0 unspecified atom stereocenters. The Morgan fingerprint density at radius 2 is 1.95 bits per heavy atom. The van der Waals surface area contributed by atoms with Gasteiger partial charge in [-0.3, -0.25) is 0 Å². The predicted molar refractivity (Wildman–Crippen MR) is 80.0 cm³/mol. The highest BCUT2D eigenvalue weighted by atomic mass is 15.1. The van der Waals surface area contributed by atoms with Gasteiger partial charge in [-0.15, -0.1) is 0 Å². The third kappa shape index (κ3) is 4.05. The van der Waals surface area contributed by atoms with E-state index in [-0.39, 0.29) is 0 Å². The van der Waals surface area contributed by atoms with Gasteiger partial charge < -0.3 is 10.2 Å². The van der Waals surface area contributed by atoms with Crippen LogP contribution in [0.4, 0.5) is 0 Å². The van der Waals surface area contributed by atoms with Crippen LogP contribution in [0, 0.1) is 5.92 Å². The van der Waals surface area contributed by atoms with E-state index in [1.54, 1.807) is 0 Å². The van der Waals surface area contributed by atoms with E-state index in [0.717, 1.165) is 25.0 Å². The van der Waals surface area contributed by atoms with Crippen LogP contribution in [-0.2, 0) is 13.1 Å². The van der Waals surface area contributed by atoms with E-state index < -0.39 is 0 Å². The van der Waals surface area contributed by atoms with Crippen LogP contribution in [0.3, 0.4) is 0 Å². The Bertz CT molecular complexity index is 407. The largest absolute Gasteiger partial charge is 0.310 e. The van der Waals surface area contributed by atoms with Crippen LogP contribution in [-0.4, -0.2) is 24.5 Å². The van der Waals surface area contributed by atoms with Crippen LogP contribution < -0.4 is 5.32 Å². The van der Waals surface area contributed by atoms with Crippen LogP contribution in [0.2, 0.25) is 0 Å². The molecule has 2 aliphatic rings. The quantitative estimate of drug-likeness (QED) is 0.808. The molecule has 1 aromatic carbocycles. The van der Waals surface area contributed by atoms with Gasteiger partial charge in [-0.05, 0) is 49.8 Å². The van der Waals surface area contributed by atoms with Gasteiger partial charge >= 0.3 is 0 Å². The Labute approximate surface area is 117 Å². The third-order valence-corrected chi connectivity index (χ3v) is 4.41. The highest BCUT2D eigenvalue weighted by Gasteiger charge is 2.20. The third-order valence-electron chi connectivity index (χ3n) is 4.41. The first-order valence-electron chi connectivity index (χ1n) is 7.79. The lowest BCUT2D eigenvalue weighted by Gasteiger charge is -2.30. The van der Waals surface area contributed by atoms with Crippen molar-refractivity contribution < 1.29 is 0 Å². The number of benzene rings is 1. The molecule has 0 heterocycles. The maximum atomic E-state index is 3.59. The van der Waals surface area contributed by atoms with Crippen molar-refractivity contribution in [2.45, 2.75) is 51.2 Å². The van der Waals surface area contributed by atoms with E-state index in [1.807, 2.05) is 0 Å². The van der Waals surface area contributed by atoms with Crippen molar-refractivity contribution in [3.8, 4) is 0 Å². The lowest BCUT2D eigenvalue weighted by molar-refractivity contribution is 0.200. The zero-order valence-corrected chi connectivity index (χ0v) is 12.1. The van der Waals surface area contributed by atoms with Gasteiger partial charge in [0.25, 0.3) is 0 Å². The summed E-state index contributed by atoms with van der Waals surface area (Å²) in [4.78, 5) is 2.48. The van der Waals surface area contributed by atoms with E-state index in [1.165, 1.54) is 49.8 Å². The molecule has 3 rings (SSSR count). The smallest absolute Gasteiger partial charge is 0.0230 e. The summed E-state index contributed by atoms with van der Waals surface area (Å²) < 4.78 is 0. The molecule has 19 heavy (non-hydrogen) atoms. The lowest BCUT2D eigenvalue weighted by atomic mass is 9.85. The van der Waals surface area contributed by atoms with Gasteiger partial charge in [-0.1, -0.05) is 30.7 Å². The molecule has 1 aromatic rings. The van der Waals surface area contributed by atoms with Gasteiger partial charge in [-0.25, -0.2) is 0 Å². The number of nitrogens with one attached hydrogen (secondary N) is 1. The highest BCUT2D eigenvalue weighted by molar-refractivity contribution is 5.23. The zero-order chi connectivity index (χ0) is 13.1. The molecule has 104 valence electrons. The molecular formula is C17H26N2. The summed E-state index contributed by atoms with van der Waals surface area (Å²) in [5, 5.41) is 3.59. The molecule has 0 radical (unpaired) electrons. The zero-order valence-electron chi connectivity index (χ0n) is 12.1. The van der Waals surface area contributed by atoms with Gasteiger partial charge in [0.2, 0.25) is 0 Å². The first-order valence-corrected chi connectivity index (χ1v) is 7.79. The molecule has 2 fully saturated rings. The summed E-state index contributed by atoms with van der Waals surface area (Å²) in [7, 11) is 2.26. The number of rotatable bonds is 7. The van der Waals surface area contributed by atoms with Crippen molar-refractivity contribution in [2.24, 2.45) is 5.92 Å². The fraction of sp³-hybridized carbons (Fsp3) is 0.647. The first kappa shape index (κ1) is 13.1. The standard InChI is InChI=1S/C17H26N2/c1-19(12-14-4-2-5-14)13-16-7-3-6-15(10-16)11-18-17-8-9-17/h3,6-7,10,14,17-18H,2,4-5,8-9,11-13H2,1H3. The van der Waals surface area contributed by atoms with E-state index in [4.69, 9.17) is 0 Å². The maximum absolute atomic E-state index is 3.59. The summed E-state index contributed by atoms with van der Waals surface area (Å²) in [5.74, 6) is 0.963. The number of hydrogen-bond acceptors (Lipinski definition) is 2. The average molecular weight is 258 g/mol. The molecule has 0 aromatic heterocycles. The van der Waals surface area contributed by atoms with Crippen molar-refractivity contribution in [3.63, 3.8) is 0 Å². The second-order valence-electron chi connectivity index (χ2n) is 6.47. The fourth-order valence-electron chi connectivity index (χ4n) is 2.88. The second-order valence-corrected chi connectivity index (χ2v) is 6.47. The van der Waals surface area contributed by atoms with E-state index >= 15 is 0 Å². The number of hydrogen-bond donors (Lipinski definition) is 1. The molecule has 2 nitrogen and oxygen atoms in total. The summed E-state index contributed by atoms with van der Waals surface area (Å²) in [6.45, 7) is 3.39. The van der Waals surface area contributed by atoms with Crippen molar-refractivity contribution in [1.29, 1.82) is 0 Å². The van der Waals surface area contributed by atoms with Crippen molar-refractivity contribution >= 4 is 0 Å². The second kappa shape index (κ2) is 6.06. The Hall–Kier alpha value is -0.860. The molecule has 0 aliphatic heterocycles. The molecule has 2 heteroatoms. The summed E-state index contributed by atoms with van der Waals surface area (Å²) in [5.41, 5.74) is 2.89. The van der Waals surface area contributed by atoms with E-state index in [9.17, 15) is 0 Å². The van der Waals surface area contributed by atoms with Gasteiger partial charge in [0.05, 0.1) is 0 Å². The first-order chi connectivity index (χ1) is 9.29. The Morgan fingerprint density at radius 3 is 2.63 bits per heavy atom. The Balaban J connectivity index is 1.49. The summed E-state index contributed by atoms with van der Waals surface area (Å²) >= 11 is 0. The van der Waals surface area contributed by atoms with Gasteiger partial charge in [-0.2, -0.15) is 0 Å². The topological polar surface area (TPSA) is 15.3 Å². The molecule has 1 N–H and O–H groups in total.